The molecule has 0 aliphatic carbocycles. The van der Waals surface area contributed by atoms with E-state index >= 15 is 0 Å². The second kappa shape index (κ2) is 4.37. The molecule has 1 amide bonds. The second-order valence-corrected chi connectivity index (χ2v) is 4.44. The molecule has 1 N–H and O–H groups in total. The molecule has 1 atom stereocenters. The van der Waals surface area contributed by atoms with Crippen molar-refractivity contribution in [3.63, 3.8) is 0 Å². The van der Waals surface area contributed by atoms with Gasteiger partial charge in [0.15, 0.2) is 10.4 Å². The van der Waals surface area contributed by atoms with Crippen LogP contribution >= 0.6 is 15.9 Å². The number of nitrogens with one attached hydrogen (secondary N) is 1. The number of halogens is 1. The first-order valence-electron chi connectivity index (χ1n) is 4.95. The summed E-state index contributed by atoms with van der Waals surface area (Å²) in [6, 6.07) is 3.65. The first-order chi connectivity index (χ1) is 7.18. The van der Waals surface area contributed by atoms with Gasteiger partial charge in [-0.05, 0) is 35.0 Å². The Morgan fingerprint density at radius 1 is 1.67 bits per heavy atom. The van der Waals surface area contributed by atoms with Crippen LogP contribution in [0.1, 0.15) is 17.5 Å². The molecule has 0 unspecified atom stereocenters. The maximum absolute atomic E-state index is 12.0. The van der Waals surface area contributed by atoms with Gasteiger partial charge in [-0.25, -0.2) is 0 Å². The van der Waals surface area contributed by atoms with Gasteiger partial charge in [-0.2, -0.15) is 0 Å². The molecular formula is C10H13BrN2O2. The Morgan fingerprint density at radius 2 is 2.47 bits per heavy atom. The van der Waals surface area contributed by atoms with Crippen LogP contribution in [0.2, 0.25) is 0 Å². The van der Waals surface area contributed by atoms with Crippen molar-refractivity contribution >= 4 is 21.8 Å². The fraction of sp³-hybridized carbons (Fsp3) is 0.500. The first-order valence-corrected chi connectivity index (χ1v) is 5.75. The fourth-order valence-corrected chi connectivity index (χ4v) is 2.02. The fourth-order valence-electron chi connectivity index (χ4n) is 1.71. The number of hydrogen-bond donors (Lipinski definition) is 1. The number of hydrogen-bond acceptors (Lipinski definition) is 3. The molecule has 5 heteroatoms. The highest BCUT2D eigenvalue weighted by Crippen LogP contribution is 2.17. The van der Waals surface area contributed by atoms with Crippen molar-refractivity contribution in [1.82, 2.24) is 10.2 Å². The number of piperazine rings is 1. The summed E-state index contributed by atoms with van der Waals surface area (Å²) in [5.74, 6) is 0.366. The predicted octanol–water partition coefficient (Wildman–Crippen LogP) is 1.48. The van der Waals surface area contributed by atoms with E-state index in [-0.39, 0.29) is 11.9 Å². The molecular weight excluding hydrogens is 260 g/mol. The quantitative estimate of drug-likeness (QED) is 0.843. The zero-order chi connectivity index (χ0) is 10.8. The number of rotatable bonds is 1. The second-order valence-electron chi connectivity index (χ2n) is 3.66. The molecule has 0 radical (unpaired) electrons. The van der Waals surface area contributed by atoms with E-state index in [1.165, 1.54) is 0 Å². The van der Waals surface area contributed by atoms with Crippen LogP contribution in [-0.4, -0.2) is 36.5 Å². The van der Waals surface area contributed by atoms with Gasteiger partial charge in [-0.3, -0.25) is 4.79 Å². The Bertz CT molecular complexity index is 364. The smallest absolute Gasteiger partial charge is 0.289 e. The number of amides is 1. The van der Waals surface area contributed by atoms with Crippen LogP contribution in [0.25, 0.3) is 0 Å². The number of carbonyl (C=O) groups is 1. The molecule has 15 heavy (non-hydrogen) atoms. The Kier molecular flexibility index (Phi) is 3.11. The zero-order valence-electron chi connectivity index (χ0n) is 8.50. The monoisotopic (exact) mass is 272 g/mol. The van der Waals surface area contributed by atoms with E-state index in [9.17, 15) is 4.79 Å². The van der Waals surface area contributed by atoms with Crippen molar-refractivity contribution in [1.29, 1.82) is 0 Å². The summed E-state index contributed by atoms with van der Waals surface area (Å²) in [6.07, 6.45) is 0. The summed E-state index contributed by atoms with van der Waals surface area (Å²) in [5, 5.41) is 3.24. The Hall–Kier alpha value is -0.810. The lowest BCUT2D eigenvalue weighted by molar-refractivity contribution is 0.0622. The Morgan fingerprint density at radius 3 is 3.07 bits per heavy atom. The van der Waals surface area contributed by atoms with Gasteiger partial charge in [0.1, 0.15) is 0 Å². The van der Waals surface area contributed by atoms with Crippen LogP contribution in [0.3, 0.4) is 0 Å². The highest BCUT2D eigenvalue weighted by atomic mass is 79.9. The summed E-state index contributed by atoms with van der Waals surface area (Å²) >= 11 is 3.19. The van der Waals surface area contributed by atoms with Crippen molar-refractivity contribution in [2.75, 3.05) is 19.6 Å². The van der Waals surface area contributed by atoms with E-state index in [4.69, 9.17) is 4.42 Å². The molecule has 82 valence electrons. The van der Waals surface area contributed by atoms with E-state index in [0.29, 0.717) is 10.4 Å². The third-order valence-electron chi connectivity index (χ3n) is 2.55. The molecule has 0 bridgehead atoms. The van der Waals surface area contributed by atoms with E-state index < -0.39 is 0 Å². The number of nitrogens with zero attached hydrogens (tertiary/aromatic N) is 1. The lowest BCUT2D eigenvalue weighted by Gasteiger charge is -2.33. The van der Waals surface area contributed by atoms with Crippen LogP contribution < -0.4 is 5.32 Å². The Labute approximate surface area is 96.7 Å². The minimum Gasteiger partial charge on any atom is -0.444 e. The van der Waals surface area contributed by atoms with Crippen molar-refractivity contribution < 1.29 is 9.21 Å². The van der Waals surface area contributed by atoms with Crippen LogP contribution in [0.4, 0.5) is 0 Å². The third kappa shape index (κ3) is 2.23. The third-order valence-corrected chi connectivity index (χ3v) is 2.97. The summed E-state index contributed by atoms with van der Waals surface area (Å²) < 4.78 is 5.84. The van der Waals surface area contributed by atoms with Gasteiger partial charge in [-0.1, -0.05) is 0 Å². The van der Waals surface area contributed by atoms with Gasteiger partial charge in [0.2, 0.25) is 0 Å². The van der Waals surface area contributed by atoms with Crippen molar-refractivity contribution in [2.45, 2.75) is 13.0 Å². The standard InChI is InChI=1S/C10H13BrN2O2/c1-7-6-12-4-5-13(7)10(14)8-2-3-9(11)15-8/h2-3,7,12H,4-6H2,1H3/t7-/m1/s1. The minimum absolute atomic E-state index is 0.0327. The average molecular weight is 273 g/mol. The van der Waals surface area contributed by atoms with Crippen LogP contribution in [-0.2, 0) is 0 Å². The largest absolute Gasteiger partial charge is 0.444 e. The van der Waals surface area contributed by atoms with E-state index in [2.05, 4.69) is 21.2 Å². The van der Waals surface area contributed by atoms with Crippen molar-refractivity contribution in [3.8, 4) is 0 Å². The van der Waals surface area contributed by atoms with Gasteiger partial charge in [0, 0.05) is 25.7 Å². The molecule has 0 spiro atoms. The first kappa shape index (κ1) is 10.7. The van der Waals surface area contributed by atoms with E-state index in [1.807, 2.05) is 11.8 Å². The molecule has 1 saturated heterocycles. The minimum atomic E-state index is -0.0327. The average Bonchev–Trinajstić information content (AvgIpc) is 2.65. The van der Waals surface area contributed by atoms with Crippen LogP contribution in [0.15, 0.2) is 21.2 Å². The molecule has 1 aromatic heterocycles. The van der Waals surface area contributed by atoms with Crippen LogP contribution in [0.5, 0.6) is 0 Å². The number of carbonyl (C=O) groups excluding carboxylic acids is 1. The predicted molar refractivity (Wildman–Crippen MR) is 59.8 cm³/mol. The SMILES string of the molecule is C[C@@H]1CNCCN1C(=O)c1ccc(Br)o1. The lowest BCUT2D eigenvalue weighted by Crippen LogP contribution is -2.52. The molecule has 1 aliphatic heterocycles. The van der Waals surface area contributed by atoms with Gasteiger partial charge >= 0.3 is 0 Å². The van der Waals surface area contributed by atoms with Gasteiger partial charge in [0.05, 0.1) is 0 Å². The molecule has 2 heterocycles. The van der Waals surface area contributed by atoms with E-state index in [1.54, 1.807) is 12.1 Å². The van der Waals surface area contributed by atoms with Crippen molar-refractivity contribution in [2.24, 2.45) is 0 Å². The highest BCUT2D eigenvalue weighted by molar-refractivity contribution is 9.10. The zero-order valence-corrected chi connectivity index (χ0v) is 10.1. The topological polar surface area (TPSA) is 45.5 Å². The summed E-state index contributed by atoms with van der Waals surface area (Å²) in [7, 11) is 0. The Balaban J connectivity index is 2.13. The summed E-state index contributed by atoms with van der Waals surface area (Å²) in [5.41, 5.74) is 0. The van der Waals surface area contributed by atoms with Gasteiger partial charge < -0.3 is 14.6 Å². The summed E-state index contributed by atoms with van der Waals surface area (Å²) in [4.78, 5) is 13.8. The molecule has 1 aliphatic rings. The molecule has 2 rings (SSSR count). The normalized spacial score (nSPS) is 21.7. The van der Waals surface area contributed by atoms with Gasteiger partial charge in [0.25, 0.3) is 5.91 Å². The molecule has 1 aromatic rings. The number of furan rings is 1. The molecule has 4 nitrogen and oxygen atoms in total. The molecule has 0 aromatic carbocycles. The lowest BCUT2D eigenvalue weighted by atomic mass is 10.2. The van der Waals surface area contributed by atoms with E-state index in [0.717, 1.165) is 19.6 Å². The maximum atomic E-state index is 12.0. The maximum Gasteiger partial charge on any atom is 0.289 e. The van der Waals surface area contributed by atoms with Gasteiger partial charge in [-0.15, -0.1) is 0 Å². The summed E-state index contributed by atoms with van der Waals surface area (Å²) in [6.45, 7) is 4.45. The highest BCUT2D eigenvalue weighted by Gasteiger charge is 2.25. The molecule has 1 fully saturated rings. The molecule has 0 saturated carbocycles. The van der Waals surface area contributed by atoms with Crippen LogP contribution in [0, 0.1) is 0 Å². The van der Waals surface area contributed by atoms with Crippen molar-refractivity contribution in [3.05, 3.63) is 22.6 Å².